The second-order valence-electron chi connectivity index (χ2n) is 8.91. The average molecular weight is 508 g/mol. The third kappa shape index (κ3) is 7.98. The summed E-state index contributed by atoms with van der Waals surface area (Å²) in [6.45, 7) is 5.43. The van der Waals surface area contributed by atoms with Gasteiger partial charge in [-0.05, 0) is 50.1 Å². The number of ether oxygens (including phenoxy) is 1. The molecule has 9 heteroatoms. The number of likely N-dealkylation sites (N-methyl/N-ethyl adjacent to an activating group) is 1. The van der Waals surface area contributed by atoms with E-state index in [0.29, 0.717) is 18.2 Å². The number of hydrogen-bond acceptors (Lipinski definition) is 5. The number of nitrogens with zero attached hydrogens (tertiary/aromatic N) is 3. The molecule has 2 aromatic carbocycles. The molecule has 3 rings (SSSR count). The van der Waals surface area contributed by atoms with Crippen LogP contribution >= 0.6 is 11.6 Å². The van der Waals surface area contributed by atoms with Crippen LogP contribution in [0, 0.1) is 11.6 Å². The molecule has 0 bridgehead atoms. The van der Waals surface area contributed by atoms with Crippen molar-refractivity contribution in [1.29, 1.82) is 0 Å². The van der Waals surface area contributed by atoms with E-state index >= 15 is 0 Å². The normalized spacial score (nSPS) is 14.7. The van der Waals surface area contributed by atoms with Crippen molar-refractivity contribution in [1.82, 2.24) is 14.7 Å². The van der Waals surface area contributed by atoms with Crippen LogP contribution in [0.4, 0.5) is 8.78 Å². The lowest BCUT2D eigenvalue weighted by molar-refractivity contribution is -0.130. The molecule has 0 unspecified atom stereocenters. The van der Waals surface area contributed by atoms with Gasteiger partial charge in [-0.3, -0.25) is 14.5 Å². The molecule has 2 aromatic rings. The number of hydrogen-bond donors (Lipinski definition) is 0. The molecule has 0 N–H and O–H groups in total. The molecule has 190 valence electrons. The van der Waals surface area contributed by atoms with Gasteiger partial charge in [0, 0.05) is 63.0 Å². The Morgan fingerprint density at radius 3 is 2.14 bits per heavy atom. The minimum absolute atomic E-state index is 0.0658. The Balaban J connectivity index is 1.36. The zero-order chi connectivity index (χ0) is 25.4. The lowest BCUT2D eigenvalue weighted by Gasteiger charge is -2.34. The van der Waals surface area contributed by atoms with Crippen LogP contribution in [-0.4, -0.2) is 86.4 Å². The third-order valence-electron chi connectivity index (χ3n) is 6.06. The highest BCUT2D eigenvalue weighted by Crippen LogP contribution is 2.24. The summed E-state index contributed by atoms with van der Waals surface area (Å²) in [4.78, 5) is 30.5. The molecule has 1 saturated heterocycles. The first-order valence-electron chi connectivity index (χ1n) is 11.8. The van der Waals surface area contributed by atoms with Crippen LogP contribution in [-0.2, 0) is 4.79 Å². The van der Waals surface area contributed by atoms with Gasteiger partial charge in [0.1, 0.15) is 17.4 Å². The topological polar surface area (TPSA) is 53.1 Å². The lowest BCUT2D eigenvalue weighted by atomic mass is 10.0. The van der Waals surface area contributed by atoms with Crippen LogP contribution in [0.5, 0.6) is 5.75 Å². The first kappa shape index (κ1) is 27.0. The number of halogens is 3. The third-order valence-corrected chi connectivity index (χ3v) is 6.31. The number of ketones is 1. The van der Waals surface area contributed by atoms with Gasteiger partial charge in [0.2, 0.25) is 5.91 Å². The van der Waals surface area contributed by atoms with Crippen molar-refractivity contribution in [3.8, 4) is 5.75 Å². The van der Waals surface area contributed by atoms with Crippen molar-refractivity contribution in [3.63, 3.8) is 0 Å². The molecule has 1 amide bonds. The van der Waals surface area contributed by atoms with Gasteiger partial charge in [-0.15, -0.1) is 0 Å². The van der Waals surface area contributed by atoms with E-state index in [1.165, 1.54) is 24.3 Å². The van der Waals surface area contributed by atoms with E-state index in [4.69, 9.17) is 16.3 Å². The maximum atomic E-state index is 14.5. The van der Waals surface area contributed by atoms with E-state index in [1.54, 1.807) is 19.0 Å². The molecule has 0 spiro atoms. The lowest BCUT2D eigenvalue weighted by Crippen LogP contribution is -2.49. The minimum atomic E-state index is -0.952. The van der Waals surface area contributed by atoms with E-state index < -0.39 is 23.0 Å². The second-order valence-corrected chi connectivity index (χ2v) is 9.35. The zero-order valence-electron chi connectivity index (χ0n) is 20.2. The van der Waals surface area contributed by atoms with Gasteiger partial charge in [-0.25, -0.2) is 8.78 Å². The van der Waals surface area contributed by atoms with Crippen LogP contribution in [0.25, 0.3) is 0 Å². The number of piperazine rings is 1. The molecule has 1 aliphatic heterocycles. The Labute approximate surface area is 210 Å². The predicted molar refractivity (Wildman–Crippen MR) is 132 cm³/mol. The quantitative estimate of drug-likeness (QED) is 0.338. The summed E-state index contributed by atoms with van der Waals surface area (Å²) in [6.07, 6.45) is 2.68. The van der Waals surface area contributed by atoms with Crippen LogP contribution in [0.2, 0.25) is 5.02 Å². The molecule has 1 aliphatic rings. The van der Waals surface area contributed by atoms with Crippen LogP contribution in [0.3, 0.4) is 0 Å². The number of carbonyl (C=O) groups is 2. The number of carbonyl (C=O) groups excluding carboxylic acids is 2. The number of unbranched alkanes of at least 4 members (excludes halogenated alkanes) is 2. The Morgan fingerprint density at radius 2 is 1.54 bits per heavy atom. The van der Waals surface area contributed by atoms with E-state index in [2.05, 4.69) is 9.80 Å². The van der Waals surface area contributed by atoms with E-state index in [9.17, 15) is 18.4 Å². The summed E-state index contributed by atoms with van der Waals surface area (Å²) < 4.78 is 34.5. The van der Waals surface area contributed by atoms with Gasteiger partial charge < -0.3 is 14.5 Å². The monoisotopic (exact) mass is 507 g/mol. The zero-order valence-corrected chi connectivity index (χ0v) is 21.0. The van der Waals surface area contributed by atoms with E-state index in [0.717, 1.165) is 64.1 Å². The fourth-order valence-corrected chi connectivity index (χ4v) is 4.03. The summed E-state index contributed by atoms with van der Waals surface area (Å²) >= 11 is 5.80. The number of rotatable bonds is 11. The molecular weight excluding hydrogens is 476 g/mol. The molecule has 1 heterocycles. The first-order valence-corrected chi connectivity index (χ1v) is 12.2. The number of benzene rings is 2. The van der Waals surface area contributed by atoms with Crippen molar-refractivity contribution in [2.75, 3.05) is 60.0 Å². The summed E-state index contributed by atoms with van der Waals surface area (Å²) in [5.74, 6) is -2.46. The van der Waals surface area contributed by atoms with Gasteiger partial charge in [0.15, 0.2) is 5.78 Å². The Hall–Kier alpha value is -2.55. The maximum Gasteiger partial charge on any atom is 0.236 e. The predicted octanol–water partition coefficient (Wildman–Crippen LogP) is 4.10. The van der Waals surface area contributed by atoms with Gasteiger partial charge in [0.05, 0.1) is 18.7 Å². The maximum absolute atomic E-state index is 14.5. The Bertz CT molecular complexity index is 986. The van der Waals surface area contributed by atoms with Crippen molar-refractivity contribution >= 4 is 23.3 Å². The first-order chi connectivity index (χ1) is 16.7. The minimum Gasteiger partial charge on any atom is -0.493 e. The summed E-state index contributed by atoms with van der Waals surface area (Å²) in [5.41, 5.74) is -0.449. The van der Waals surface area contributed by atoms with Crippen LogP contribution in [0.15, 0.2) is 36.4 Å². The van der Waals surface area contributed by atoms with Crippen molar-refractivity contribution in [3.05, 3.63) is 64.2 Å². The standard InChI is InChI=1S/C26H32ClF2N3O3/c1-30(2)24(33)18-32-13-11-31(12-14-32)10-4-3-5-15-35-21-16-22(28)25(23(29)17-21)26(34)19-6-8-20(27)9-7-19/h6-9,16-17H,3-5,10-15,18H2,1-2H3. The smallest absolute Gasteiger partial charge is 0.236 e. The number of amides is 1. The molecule has 6 nitrogen and oxygen atoms in total. The average Bonchev–Trinajstić information content (AvgIpc) is 2.82. The highest BCUT2D eigenvalue weighted by Gasteiger charge is 2.21. The molecular formula is C26H32ClF2N3O3. The van der Waals surface area contributed by atoms with Crippen molar-refractivity contribution in [2.45, 2.75) is 19.3 Å². The fraction of sp³-hybridized carbons (Fsp3) is 0.462. The Kier molecular flexibility index (Phi) is 10.0. The van der Waals surface area contributed by atoms with Crippen LogP contribution in [0.1, 0.15) is 35.2 Å². The molecule has 0 saturated carbocycles. The molecule has 35 heavy (non-hydrogen) atoms. The highest BCUT2D eigenvalue weighted by atomic mass is 35.5. The largest absolute Gasteiger partial charge is 0.493 e. The highest BCUT2D eigenvalue weighted by molar-refractivity contribution is 6.30. The molecule has 0 atom stereocenters. The molecule has 1 fully saturated rings. The van der Waals surface area contributed by atoms with E-state index in [1.807, 2.05) is 0 Å². The summed E-state index contributed by atoms with van der Waals surface area (Å²) in [6, 6.07) is 7.95. The fourth-order valence-electron chi connectivity index (χ4n) is 3.90. The van der Waals surface area contributed by atoms with Gasteiger partial charge in [-0.2, -0.15) is 0 Å². The van der Waals surface area contributed by atoms with Gasteiger partial charge in [0.25, 0.3) is 0 Å². The van der Waals surface area contributed by atoms with E-state index in [-0.39, 0.29) is 17.2 Å². The van der Waals surface area contributed by atoms with Crippen LogP contribution < -0.4 is 4.74 Å². The van der Waals surface area contributed by atoms with Crippen molar-refractivity contribution < 1.29 is 23.1 Å². The second kappa shape index (κ2) is 13.0. The SMILES string of the molecule is CN(C)C(=O)CN1CCN(CCCCCOc2cc(F)c(C(=O)c3ccc(Cl)cc3)c(F)c2)CC1. The van der Waals surface area contributed by atoms with Crippen molar-refractivity contribution in [2.24, 2.45) is 0 Å². The molecule has 0 aromatic heterocycles. The summed E-state index contributed by atoms with van der Waals surface area (Å²) in [7, 11) is 3.54. The Morgan fingerprint density at radius 1 is 0.943 bits per heavy atom. The summed E-state index contributed by atoms with van der Waals surface area (Å²) in [5, 5.41) is 0.433. The molecule has 0 radical (unpaired) electrons. The van der Waals surface area contributed by atoms with Gasteiger partial charge >= 0.3 is 0 Å². The van der Waals surface area contributed by atoms with Gasteiger partial charge in [-0.1, -0.05) is 11.6 Å². The molecule has 0 aliphatic carbocycles.